The molecular weight excluding hydrogens is 388 g/mol. The number of pyridine rings is 1. The Kier molecular flexibility index (Phi) is 4.68. The lowest BCUT2D eigenvalue weighted by molar-refractivity contribution is 0.0489. The van der Waals surface area contributed by atoms with Gasteiger partial charge in [0.1, 0.15) is 5.65 Å². The Bertz CT molecular complexity index is 1030. The maximum Gasteiger partial charge on any atom is 0.410 e. The molecule has 2 fully saturated rings. The molecule has 2 unspecified atom stereocenters. The first-order valence-corrected chi connectivity index (χ1v) is 10.3. The SMILES string of the molecule is COC(=O)N1C2CCC1CN(Cc1c(-c3ccc(Cl)cc3)nc3ccccn13)C2. The van der Waals surface area contributed by atoms with Gasteiger partial charge in [0.2, 0.25) is 0 Å². The van der Waals surface area contributed by atoms with Gasteiger partial charge in [0, 0.05) is 48.5 Å². The van der Waals surface area contributed by atoms with Crippen molar-refractivity contribution >= 4 is 23.3 Å². The monoisotopic (exact) mass is 410 g/mol. The quantitative estimate of drug-likeness (QED) is 0.653. The van der Waals surface area contributed by atoms with E-state index in [1.54, 1.807) is 0 Å². The third-order valence-electron chi connectivity index (χ3n) is 6.06. The van der Waals surface area contributed by atoms with E-state index >= 15 is 0 Å². The highest BCUT2D eigenvalue weighted by Crippen LogP contribution is 2.33. The number of hydrogen-bond acceptors (Lipinski definition) is 4. The van der Waals surface area contributed by atoms with Gasteiger partial charge in [0.05, 0.1) is 18.5 Å². The zero-order valence-electron chi connectivity index (χ0n) is 16.3. The topological polar surface area (TPSA) is 50.1 Å². The third kappa shape index (κ3) is 3.26. The zero-order valence-corrected chi connectivity index (χ0v) is 17.0. The van der Waals surface area contributed by atoms with E-state index in [1.807, 2.05) is 47.4 Å². The van der Waals surface area contributed by atoms with Crippen LogP contribution in [0.25, 0.3) is 16.9 Å². The molecular formula is C22H23ClN4O2. The average Bonchev–Trinajstić information content (AvgIpc) is 3.23. The molecule has 1 amide bonds. The summed E-state index contributed by atoms with van der Waals surface area (Å²) in [5, 5.41) is 0.717. The van der Waals surface area contributed by atoms with Crippen molar-refractivity contribution in [1.29, 1.82) is 0 Å². The van der Waals surface area contributed by atoms with Gasteiger partial charge in [-0.15, -0.1) is 0 Å². The van der Waals surface area contributed by atoms with Crippen LogP contribution in [-0.4, -0.2) is 57.6 Å². The molecule has 7 heteroatoms. The van der Waals surface area contributed by atoms with Gasteiger partial charge in [0.15, 0.2) is 0 Å². The largest absolute Gasteiger partial charge is 0.453 e. The number of likely N-dealkylation sites (tertiary alicyclic amines) is 1. The number of halogens is 1. The number of ether oxygens (including phenoxy) is 1. The summed E-state index contributed by atoms with van der Waals surface area (Å²) in [5.41, 5.74) is 4.14. The molecule has 2 aliphatic rings. The number of carbonyl (C=O) groups excluding carboxylic acids is 1. The summed E-state index contributed by atoms with van der Waals surface area (Å²) >= 11 is 6.09. The number of amides is 1. The van der Waals surface area contributed by atoms with Gasteiger partial charge in [-0.05, 0) is 37.1 Å². The highest BCUT2D eigenvalue weighted by molar-refractivity contribution is 6.30. The first kappa shape index (κ1) is 18.5. The minimum atomic E-state index is -0.200. The van der Waals surface area contributed by atoms with Gasteiger partial charge in [-0.25, -0.2) is 9.78 Å². The number of benzene rings is 1. The fourth-order valence-corrected chi connectivity index (χ4v) is 4.90. The molecule has 3 aromatic rings. The van der Waals surface area contributed by atoms with Crippen LogP contribution in [0.15, 0.2) is 48.7 Å². The summed E-state index contributed by atoms with van der Waals surface area (Å²) in [6.07, 6.45) is 3.94. The molecule has 2 atom stereocenters. The predicted octanol–water partition coefficient (Wildman–Crippen LogP) is 4.07. The lowest BCUT2D eigenvalue weighted by Gasteiger charge is -2.40. The number of rotatable bonds is 3. The van der Waals surface area contributed by atoms with Crippen LogP contribution in [0.3, 0.4) is 0 Å². The number of fused-ring (bicyclic) bond motifs is 3. The summed E-state index contributed by atoms with van der Waals surface area (Å²) in [6.45, 7) is 2.49. The van der Waals surface area contributed by atoms with Crippen LogP contribution in [0.5, 0.6) is 0 Å². The standard InChI is InChI=1S/C22H23ClN4O2/c1-29-22(28)27-17-9-10-18(27)13-25(12-17)14-19-21(15-5-7-16(23)8-6-15)24-20-4-2-3-11-26(19)20/h2-8,11,17-18H,9-10,12-14H2,1H3. The smallest absolute Gasteiger partial charge is 0.410 e. The minimum Gasteiger partial charge on any atom is -0.453 e. The molecule has 0 saturated carbocycles. The number of nitrogens with zero attached hydrogens (tertiary/aromatic N) is 4. The van der Waals surface area contributed by atoms with Crippen LogP contribution in [0.2, 0.25) is 5.02 Å². The number of hydrogen-bond donors (Lipinski definition) is 0. The number of piperazine rings is 1. The minimum absolute atomic E-state index is 0.200. The number of imidazole rings is 1. The van der Waals surface area contributed by atoms with Crippen LogP contribution in [0, 0.1) is 0 Å². The molecule has 0 aliphatic carbocycles. The van der Waals surface area contributed by atoms with E-state index in [-0.39, 0.29) is 18.2 Å². The van der Waals surface area contributed by atoms with Gasteiger partial charge >= 0.3 is 6.09 Å². The van der Waals surface area contributed by atoms with Crippen molar-refractivity contribution < 1.29 is 9.53 Å². The van der Waals surface area contributed by atoms with Crippen LogP contribution in [0.4, 0.5) is 4.79 Å². The molecule has 29 heavy (non-hydrogen) atoms. The van der Waals surface area contributed by atoms with Gasteiger partial charge in [-0.3, -0.25) is 9.80 Å². The first-order valence-electron chi connectivity index (χ1n) is 9.94. The average molecular weight is 411 g/mol. The van der Waals surface area contributed by atoms with E-state index in [2.05, 4.69) is 15.5 Å². The van der Waals surface area contributed by atoms with E-state index < -0.39 is 0 Å². The maximum absolute atomic E-state index is 12.2. The Morgan fingerprint density at radius 3 is 2.55 bits per heavy atom. The second-order valence-electron chi connectivity index (χ2n) is 7.80. The predicted molar refractivity (Wildman–Crippen MR) is 112 cm³/mol. The summed E-state index contributed by atoms with van der Waals surface area (Å²) in [4.78, 5) is 21.4. The molecule has 0 spiro atoms. The molecule has 2 aromatic heterocycles. The third-order valence-corrected chi connectivity index (χ3v) is 6.32. The van der Waals surface area contributed by atoms with E-state index in [0.29, 0.717) is 0 Å². The van der Waals surface area contributed by atoms with Crippen LogP contribution >= 0.6 is 11.6 Å². The molecule has 2 bridgehead atoms. The van der Waals surface area contributed by atoms with Gasteiger partial charge in [0.25, 0.3) is 0 Å². The molecule has 5 rings (SSSR count). The number of methoxy groups -OCH3 is 1. The number of carbonyl (C=O) groups is 1. The first-order chi connectivity index (χ1) is 14.1. The molecule has 150 valence electrons. The maximum atomic E-state index is 12.2. The summed E-state index contributed by atoms with van der Waals surface area (Å²) < 4.78 is 7.16. The highest BCUT2D eigenvalue weighted by atomic mass is 35.5. The van der Waals surface area contributed by atoms with Crippen molar-refractivity contribution in [1.82, 2.24) is 19.2 Å². The van der Waals surface area contributed by atoms with E-state index in [9.17, 15) is 4.79 Å². The van der Waals surface area contributed by atoms with Gasteiger partial charge in [-0.2, -0.15) is 0 Å². The van der Waals surface area contributed by atoms with Crippen molar-refractivity contribution in [2.75, 3.05) is 20.2 Å². The number of aromatic nitrogens is 2. The molecule has 0 N–H and O–H groups in total. The van der Waals surface area contributed by atoms with Crippen LogP contribution in [0.1, 0.15) is 18.5 Å². The van der Waals surface area contributed by atoms with Crippen molar-refractivity contribution in [3.63, 3.8) is 0 Å². The fourth-order valence-electron chi connectivity index (χ4n) is 4.77. The van der Waals surface area contributed by atoms with Gasteiger partial charge < -0.3 is 9.14 Å². The second kappa shape index (κ2) is 7.35. The van der Waals surface area contributed by atoms with E-state index in [1.165, 1.54) is 7.11 Å². The van der Waals surface area contributed by atoms with Crippen molar-refractivity contribution in [2.24, 2.45) is 0 Å². The molecule has 4 heterocycles. The zero-order chi connectivity index (χ0) is 20.0. The van der Waals surface area contributed by atoms with Crippen molar-refractivity contribution in [3.05, 3.63) is 59.4 Å². The normalized spacial score (nSPS) is 21.7. The highest BCUT2D eigenvalue weighted by Gasteiger charge is 2.43. The van der Waals surface area contributed by atoms with E-state index in [4.69, 9.17) is 21.3 Å². The lowest BCUT2D eigenvalue weighted by Crippen LogP contribution is -2.55. The fraction of sp³-hybridized carbons (Fsp3) is 0.364. The Balaban J connectivity index is 1.47. The Hall–Kier alpha value is -2.57. The molecule has 0 radical (unpaired) electrons. The Morgan fingerprint density at radius 1 is 1.14 bits per heavy atom. The second-order valence-corrected chi connectivity index (χ2v) is 8.24. The van der Waals surface area contributed by atoms with Crippen molar-refractivity contribution in [3.8, 4) is 11.3 Å². The molecule has 2 saturated heterocycles. The lowest BCUT2D eigenvalue weighted by atomic mass is 10.1. The Morgan fingerprint density at radius 2 is 1.86 bits per heavy atom. The molecule has 1 aromatic carbocycles. The molecule has 2 aliphatic heterocycles. The summed E-state index contributed by atoms with van der Waals surface area (Å²) in [7, 11) is 1.46. The van der Waals surface area contributed by atoms with Gasteiger partial charge in [-0.1, -0.05) is 29.8 Å². The van der Waals surface area contributed by atoms with Crippen LogP contribution < -0.4 is 0 Å². The van der Waals surface area contributed by atoms with Crippen molar-refractivity contribution in [2.45, 2.75) is 31.5 Å². The summed E-state index contributed by atoms with van der Waals surface area (Å²) in [5.74, 6) is 0. The molecule has 6 nitrogen and oxygen atoms in total. The van der Waals surface area contributed by atoms with Crippen LogP contribution in [-0.2, 0) is 11.3 Å². The van der Waals surface area contributed by atoms with E-state index in [0.717, 1.165) is 60.1 Å². The Labute approximate surface area is 174 Å². The summed E-state index contributed by atoms with van der Waals surface area (Å²) in [6, 6.07) is 14.4.